The molecule has 0 saturated carbocycles. The number of anilines is 2. The second kappa shape index (κ2) is 7.38. The maximum absolute atomic E-state index is 12.3. The minimum absolute atomic E-state index is 0.0519. The van der Waals surface area contributed by atoms with Crippen LogP contribution in [0.4, 0.5) is 16.2 Å². The van der Waals surface area contributed by atoms with Crippen LogP contribution in [0, 0.1) is 0 Å². The molecule has 3 amide bonds. The molecule has 0 saturated heterocycles. The van der Waals surface area contributed by atoms with Gasteiger partial charge in [0.05, 0.1) is 6.04 Å². The van der Waals surface area contributed by atoms with Gasteiger partial charge in [-0.15, -0.1) is 0 Å². The van der Waals surface area contributed by atoms with Gasteiger partial charge in [0.15, 0.2) is 0 Å². The fraction of sp³-hybridized carbons (Fsp3) is 0.300. The van der Waals surface area contributed by atoms with Crippen LogP contribution in [0.2, 0.25) is 0 Å². The van der Waals surface area contributed by atoms with Gasteiger partial charge in [0, 0.05) is 24.8 Å². The Bertz CT molecular complexity index is 774. The van der Waals surface area contributed by atoms with Crippen LogP contribution in [0.1, 0.15) is 37.4 Å². The van der Waals surface area contributed by atoms with E-state index in [0.717, 1.165) is 41.9 Å². The molecular formula is C20H23N3O2. The van der Waals surface area contributed by atoms with Crippen LogP contribution < -0.4 is 15.5 Å². The minimum Gasteiger partial charge on any atom is -0.331 e. The van der Waals surface area contributed by atoms with Crippen molar-refractivity contribution in [1.29, 1.82) is 0 Å². The predicted octanol–water partition coefficient (Wildman–Crippen LogP) is 3.87. The van der Waals surface area contributed by atoms with Gasteiger partial charge in [-0.1, -0.05) is 30.3 Å². The summed E-state index contributed by atoms with van der Waals surface area (Å²) in [6.45, 7) is 4.29. The van der Waals surface area contributed by atoms with E-state index in [2.05, 4.69) is 10.6 Å². The molecule has 3 rings (SSSR count). The standard InChI is InChI=1S/C20H23N3O2/c1-14(16-7-4-3-5-8-16)21-20(25)22-18-10-11-19-17(13-18)9-6-12-23(19)15(2)24/h3-5,7-8,10-11,13-14H,6,9,12H2,1-2H3,(H2,21,22,25)/t14-/m0/s1. The van der Waals surface area contributed by atoms with Crippen molar-refractivity contribution < 1.29 is 9.59 Å². The summed E-state index contributed by atoms with van der Waals surface area (Å²) in [7, 11) is 0. The number of nitrogens with one attached hydrogen (secondary N) is 2. The van der Waals surface area contributed by atoms with E-state index in [1.165, 1.54) is 0 Å². The summed E-state index contributed by atoms with van der Waals surface area (Å²) in [4.78, 5) is 25.8. The number of fused-ring (bicyclic) bond motifs is 1. The average Bonchev–Trinajstić information content (AvgIpc) is 2.61. The number of hydrogen-bond acceptors (Lipinski definition) is 2. The molecule has 0 radical (unpaired) electrons. The number of benzene rings is 2. The molecule has 25 heavy (non-hydrogen) atoms. The van der Waals surface area contributed by atoms with Crippen molar-refractivity contribution in [3.63, 3.8) is 0 Å². The van der Waals surface area contributed by atoms with Crippen molar-refractivity contribution in [1.82, 2.24) is 5.32 Å². The van der Waals surface area contributed by atoms with Gasteiger partial charge in [-0.3, -0.25) is 4.79 Å². The average molecular weight is 337 g/mol. The first-order valence-electron chi connectivity index (χ1n) is 8.58. The van der Waals surface area contributed by atoms with E-state index in [1.807, 2.05) is 55.5 Å². The molecule has 0 fully saturated rings. The van der Waals surface area contributed by atoms with E-state index in [0.29, 0.717) is 0 Å². The maximum atomic E-state index is 12.3. The molecule has 0 bridgehead atoms. The number of rotatable bonds is 3. The Labute approximate surface area is 148 Å². The van der Waals surface area contributed by atoms with Crippen molar-refractivity contribution in [2.24, 2.45) is 0 Å². The number of urea groups is 1. The Morgan fingerprint density at radius 1 is 1.12 bits per heavy atom. The van der Waals surface area contributed by atoms with Gasteiger partial charge in [-0.2, -0.15) is 0 Å². The lowest BCUT2D eigenvalue weighted by molar-refractivity contribution is -0.116. The third-order valence-electron chi connectivity index (χ3n) is 4.48. The first-order valence-corrected chi connectivity index (χ1v) is 8.58. The maximum Gasteiger partial charge on any atom is 0.319 e. The van der Waals surface area contributed by atoms with Crippen molar-refractivity contribution in [3.05, 3.63) is 59.7 Å². The Hall–Kier alpha value is -2.82. The van der Waals surface area contributed by atoms with E-state index in [1.54, 1.807) is 11.8 Å². The van der Waals surface area contributed by atoms with Gasteiger partial charge in [0.25, 0.3) is 0 Å². The highest BCUT2D eigenvalue weighted by atomic mass is 16.2. The number of nitrogens with zero attached hydrogens (tertiary/aromatic N) is 1. The number of aryl methyl sites for hydroxylation is 1. The van der Waals surface area contributed by atoms with E-state index in [-0.39, 0.29) is 18.0 Å². The van der Waals surface area contributed by atoms with Crippen molar-refractivity contribution in [2.45, 2.75) is 32.7 Å². The quantitative estimate of drug-likeness (QED) is 0.893. The topological polar surface area (TPSA) is 61.4 Å². The van der Waals surface area contributed by atoms with Crippen LogP contribution in [0.3, 0.4) is 0 Å². The third kappa shape index (κ3) is 3.99. The molecule has 2 N–H and O–H groups in total. The minimum atomic E-state index is -0.240. The molecule has 0 aliphatic carbocycles. The van der Waals surface area contributed by atoms with Gasteiger partial charge in [0.1, 0.15) is 0 Å². The highest BCUT2D eigenvalue weighted by Crippen LogP contribution is 2.29. The third-order valence-corrected chi connectivity index (χ3v) is 4.48. The normalized spacial score (nSPS) is 14.4. The van der Waals surface area contributed by atoms with E-state index in [4.69, 9.17) is 0 Å². The largest absolute Gasteiger partial charge is 0.331 e. The summed E-state index contributed by atoms with van der Waals surface area (Å²) >= 11 is 0. The first kappa shape index (κ1) is 17.0. The predicted molar refractivity (Wildman–Crippen MR) is 99.8 cm³/mol. The SMILES string of the molecule is CC(=O)N1CCCc2cc(NC(=O)N[C@@H](C)c3ccccc3)ccc21. The molecule has 1 aliphatic rings. The molecule has 5 nitrogen and oxygen atoms in total. The van der Waals surface area contributed by atoms with Gasteiger partial charge in [0.2, 0.25) is 5.91 Å². The number of carbonyl (C=O) groups is 2. The number of hydrogen-bond donors (Lipinski definition) is 2. The zero-order chi connectivity index (χ0) is 17.8. The van der Waals surface area contributed by atoms with Crippen molar-refractivity contribution in [3.8, 4) is 0 Å². The summed E-state index contributed by atoms with van der Waals surface area (Å²) in [5.74, 6) is 0.0519. The fourth-order valence-electron chi connectivity index (χ4n) is 3.19. The van der Waals surface area contributed by atoms with Crippen LogP contribution in [0.15, 0.2) is 48.5 Å². The van der Waals surface area contributed by atoms with Crippen LogP contribution in [-0.4, -0.2) is 18.5 Å². The monoisotopic (exact) mass is 337 g/mol. The highest BCUT2D eigenvalue weighted by Gasteiger charge is 2.20. The lowest BCUT2D eigenvalue weighted by atomic mass is 10.0. The lowest BCUT2D eigenvalue weighted by Gasteiger charge is -2.29. The Morgan fingerprint density at radius 2 is 1.88 bits per heavy atom. The second-order valence-corrected chi connectivity index (χ2v) is 6.35. The van der Waals surface area contributed by atoms with Gasteiger partial charge in [-0.05, 0) is 49.1 Å². The van der Waals surface area contributed by atoms with Crippen LogP contribution >= 0.6 is 0 Å². The molecule has 2 aromatic rings. The van der Waals surface area contributed by atoms with Gasteiger partial charge >= 0.3 is 6.03 Å². The van der Waals surface area contributed by atoms with Gasteiger partial charge < -0.3 is 15.5 Å². The number of carbonyl (C=O) groups excluding carboxylic acids is 2. The van der Waals surface area contributed by atoms with Crippen LogP contribution in [-0.2, 0) is 11.2 Å². The summed E-state index contributed by atoms with van der Waals surface area (Å²) in [6.07, 6.45) is 1.85. The first-order chi connectivity index (χ1) is 12.0. The van der Waals surface area contributed by atoms with E-state index >= 15 is 0 Å². The second-order valence-electron chi connectivity index (χ2n) is 6.35. The Balaban J connectivity index is 1.67. The van der Waals surface area contributed by atoms with E-state index in [9.17, 15) is 9.59 Å². The fourth-order valence-corrected chi connectivity index (χ4v) is 3.19. The van der Waals surface area contributed by atoms with Gasteiger partial charge in [-0.25, -0.2) is 4.79 Å². The van der Waals surface area contributed by atoms with Crippen LogP contribution in [0.25, 0.3) is 0 Å². The molecule has 130 valence electrons. The zero-order valence-electron chi connectivity index (χ0n) is 14.6. The summed E-state index contributed by atoms with van der Waals surface area (Å²) < 4.78 is 0. The molecule has 1 heterocycles. The Morgan fingerprint density at radius 3 is 2.60 bits per heavy atom. The smallest absolute Gasteiger partial charge is 0.319 e. The van der Waals surface area contributed by atoms with Crippen LogP contribution in [0.5, 0.6) is 0 Å². The molecule has 0 spiro atoms. The summed E-state index contributed by atoms with van der Waals surface area (Å²) in [5, 5.41) is 5.82. The molecule has 1 atom stereocenters. The highest BCUT2D eigenvalue weighted by molar-refractivity contribution is 5.94. The zero-order valence-corrected chi connectivity index (χ0v) is 14.6. The Kier molecular flexibility index (Phi) is 5.03. The molecule has 5 heteroatoms. The molecule has 0 aromatic heterocycles. The molecule has 0 unspecified atom stereocenters. The number of amides is 3. The molecule has 1 aliphatic heterocycles. The molecule has 2 aromatic carbocycles. The summed E-state index contributed by atoms with van der Waals surface area (Å²) in [6, 6.07) is 15.2. The van der Waals surface area contributed by atoms with Crippen molar-refractivity contribution >= 4 is 23.3 Å². The lowest BCUT2D eigenvalue weighted by Crippen LogP contribution is -2.34. The van der Waals surface area contributed by atoms with Crippen molar-refractivity contribution in [2.75, 3.05) is 16.8 Å². The summed E-state index contributed by atoms with van der Waals surface area (Å²) in [5.41, 5.74) is 3.83. The molecular weight excluding hydrogens is 314 g/mol. The van der Waals surface area contributed by atoms with E-state index < -0.39 is 0 Å².